The molecule has 0 aliphatic rings. The number of hydrogen-bond donors (Lipinski definition) is 3. The van der Waals surface area contributed by atoms with Crippen molar-refractivity contribution in [2.24, 2.45) is 0 Å². The largest absolute Gasteiger partial charge is 0.396 e. The predicted molar refractivity (Wildman–Crippen MR) is 51.3 cm³/mol. The van der Waals surface area contributed by atoms with E-state index in [9.17, 15) is 4.79 Å². The highest BCUT2D eigenvalue weighted by Gasteiger charge is 2.04. The standard InChI is InChI=1S/C8H14N4O2/c1-6(13)2-10-8(14)5-12-4-7(9)3-11-12/h3-4,6,13H,2,5,9H2,1H3,(H,10,14)/t6-/m1/s1. The van der Waals surface area contributed by atoms with Gasteiger partial charge in [0.1, 0.15) is 6.54 Å². The van der Waals surface area contributed by atoms with Gasteiger partial charge in [-0.25, -0.2) is 0 Å². The molecule has 0 spiro atoms. The fourth-order valence-electron chi connectivity index (χ4n) is 0.931. The first-order valence-corrected chi connectivity index (χ1v) is 4.30. The van der Waals surface area contributed by atoms with Gasteiger partial charge in [-0.2, -0.15) is 5.10 Å². The molecule has 1 heterocycles. The second kappa shape index (κ2) is 4.61. The molecular weight excluding hydrogens is 184 g/mol. The van der Waals surface area contributed by atoms with Gasteiger partial charge in [-0.3, -0.25) is 9.48 Å². The van der Waals surface area contributed by atoms with E-state index in [1.165, 1.54) is 10.9 Å². The van der Waals surface area contributed by atoms with Crippen molar-refractivity contribution in [3.05, 3.63) is 12.4 Å². The number of carbonyl (C=O) groups excluding carboxylic acids is 1. The van der Waals surface area contributed by atoms with Crippen LogP contribution in [-0.4, -0.2) is 33.4 Å². The van der Waals surface area contributed by atoms with Gasteiger partial charge in [-0.1, -0.05) is 0 Å². The Bertz CT molecular complexity index is 308. The molecule has 0 fully saturated rings. The molecule has 1 atom stereocenters. The van der Waals surface area contributed by atoms with E-state index >= 15 is 0 Å². The molecule has 0 aliphatic heterocycles. The Labute approximate surface area is 81.7 Å². The van der Waals surface area contributed by atoms with Crippen LogP contribution in [0.2, 0.25) is 0 Å². The third-order valence-electron chi connectivity index (χ3n) is 1.55. The van der Waals surface area contributed by atoms with Gasteiger partial charge in [0.15, 0.2) is 0 Å². The van der Waals surface area contributed by atoms with Gasteiger partial charge in [0.05, 0.1) is 18.0 Å². The van der Waals surface area contributed by atoms with Crippen LogP contribution < -0.4 is 11.1 Å². The Hall–Kier alpha value is -1.56. The molecule has 0 saturated carbocycles. The van der Waals surface area contributed by atoms with Gasteiger partial charge in [0.25, 0.3) is 0 Å². The molecule has 6 heteroatoms. The average Bonchev–Trinajstić information content (AvgIpc) is 2.48. The fourth-order valence-corrected chi connectivity index (χ4v) is 0.931. The summed E-state index contributed by atoms with van der Waals surface area (Å²) in [7, 11) is 0. The van der Waals surface area contributed by atoms with Crippen molar-refractivity contribution in [1.29, 1.82) is 0 Å². The first kappa shape index (κ1) is 10.5. The number of nitrogen functional groups attached to an aromatic ring is 1. The maximum Gasteiger partial charge on any atom is 0.241 e. The van der Waals surface area contributed by atoms with Crippen molar-refractivity contribution in [3.8, 4) is 0 Å². The van der Waals surface area contributed by atoms with Gasteiger partial charge in [0.2, 0.25) is 5.91 Å². The molecule has 1 rings (SSSR count). The molecule has 14 heavy (non-hydrogen) atoms. The highest BCUT2D eigenvalue weighted by atomic mass is 16.3. The van der Waals surface area contributed by atoms with Crippen molar-refractivity contribution in [1.82, 2.24) is 15.1 Å². The lowest BCUT2D eigenvalue weighted by atomic mass is 10.4. The SMILES string of the molecule is C[C@@H](O)CNC(=O)Cn1cc(N)cn1. The van der Waals surface area contributed by atoms with Crippen molar-refractivity contribution < 1.29 is 9.90 Å². The second-order valence-corrected chi connectivity index (χ2v) is 3.12. The summed E-state index contributed by atoms with van der Waals surface area (Å²) in [5, 5.41) is 15.3. The topological polar surface area (TPSA) is 93.2 Å². The number of nitrogens with two attached hydrogens (primary N) is 1. The number of rotatable bonds is 4. The number of aliphatic hydroxyl groups excluding tert-OH is 1. The minimum absolute atomic E-state index is 0.115. The average molecular weight is 198 g/mol. The van der Waals surface area contributed by atoms with E-state index in [1.54, 1.807) is 13.1 Å². The van der Waals surface area contributed by atoms with Crippen LogP contribution in [0.4, 0.5) is 5.69 Å². The van der Waals surface area contributed by atoms with E-state index in [-0.39, 0.29) is 19.0 Å². The number of aromatic nitrogens is 2. The van der Waals surface area contributed by atoms with Crippen molar-refractivity contribution in [3.63, 3.8) is 0 Å². The zero-order valence-electron chi connectivity index (χ0n) is 7.97. The first-order chi connectivity index (χ1) is 6.58. The summed E-state index contributed by atoms with van der Waals surface area (Å²) in [5.41, 5.74) is 5.94. The minimum atomic E-state index is -0.540. The van der Waals surface area contributed by atoms with Crippen LogP contribution in [0.3, 0.4) is 0 Å². The quantitative estimate of drug-likeness (QED) is 0.576. The van der Waals surface area contributed by atoms with Gasteiger partial charge >= 0.3 is 0 Å². The molecule has 78 valence electrons. The molecule has 6 nitrogen and oxygen atoms in total. The van der Waals surface area contributed by atoms with Crippen LogP contribution in [0.1, 0.15) is 6.92 Å². The zero-order chi connectivity index (χ0) is 10.6. The monoisotopic (exact) mass is 198 g/mol. The highest BCUT2D eigenvalue weighted by molar-refractivity contribution is 5.75. The van der Waals surface area contributed by atoms with Crippen LogP contribution in [0.15, 0.2) is 12.4 Å². The number of nitrogens with one attached hydrogen (secondary N) is 1. The smallest absolute Gasteiger partial charge is 0.241 e. The number of anilines is 1. The summed E-state index contributed by atoms with van der Waals surface area (Å²) in [5.74, 6) is -0.200. The number of amides is 1. The van der Waals surface area contributed by atoms with Gasteiger partial charge < -0.3 is 16.2 Å². The summed E-state index contributed by atoms with van der Waals surface area (Å²) in [6.45, 7) is 1.96. The number of hydrogen-bond acceptors (Lipinski definition) is 4. The summed E-state index contributed by atoms with van der Waals surface area (Å²) in [6.07, 6.45) is 2.51. The summed E-state index contributed by atoms with van der Waals surface area (Å²) >= 11 is 0. The molecule has 0 saturated heterocycles. The Balaban J connectivity index is 2.34. The molecule has 0 aromatic carbocycles. The minimum Gasteiger partial charge on any atom is -0.396 e. The van der Waals surface area contributed by atoms with E-state index in [0.717, 1.165) is 0 Å². The van der Waals surface area contributed by atoms with Crippen LogP contribution in [-0.2, 0) is 11.3 Å². The van der Waals surface area contributed by atoms with E-state index in [1.807, 2.05) is 0 Å². The molecule has 1 aromatic rings. The second-order valence-electron chi connectivity index (χ2n) is 3.12. The van der Waals surface area contributed by atoms with Crippen LogP contribution in [0, 0.1) is 0 Å². The van der Waals surface area contributed by atoms with Gasteiger partial charge in [-0.15, -0.1) is 0 Å². The Morgan fingerprint density at radius 1 is 1.86 bits per heavy atom. The summed E-state index contributed by atoms with van der Waals surface area (Å²) < 4.78 is 1.44. The molecule has 1 amide bonds. The maximum atomic E-state index is 11.2. The van der Waals surface area contributed by atoms with Crippen molar-refractivity contribution in [2.45, 2.75) is 19.6 Å². The third kappa shape index (κ3) is 3.44. The lowest BCUT2D eigenvalue weighted by Crippen LogP contribution is -2.33. The van der Waals surface area contributed by atoms with Crippen molar-refractivity contribution in [2.75, 3.05) is 12.3 Å². The summed E-state index contributed by atoms with van der Waals surface area (Å²) in [4.78, 5) is 11.2. The normalized spacial score (nSPS) is 12.4. The lowest BCUT2D eigenvalue weighted by molar-refractivity contribution is -0.122. The molecular formula is C8H14N4O2. The highest BCUT2D eigenvalue weighted by Crippen LogP contribution is 1.96. The van der Waals surface area contributed by atoms with Crippen molar-refractivity contribution >= 4 is 11.6 Å². The molecule has 4 N–H and O–H groups in total. The van der Waals surface area contributed by atoms with E-state index in [4.69, 9.17) is 10.8 Å². The molecule has 0 bridgehead atoms. The Kier molecular flexibility index (Phi) is 3.47. The first-order valence-electron chi connectivity index (χ1n) is 4.30. The van der Waals surface area contributed by atoms with E-state index in [2.05, 4.69) is 10.4 Å². The van der Waals surface area contributed by atoms with Gasteiger partial charge in [0, 0.05) is 12.7 Å². The van der Waals surface area contributed by atoms with Gasteiger partial charge in [-0.05, 0) is 6.92 Å². The predicted octanol–water partition coefficient (Wildman–Crippen LogP) is -1.04. The zero-order valence-corrected chi connectivity index (χ0v) is 7.97. The number of nitrogens with zero attached hydrogens (tertiary/aromatic N) is 2. The molecule has 0 radical (unpaired) electrons. The maximum absolute atomic E-state index is 11.2. The number of aliphatic hydroxyl groups is 1. The van der Waals surface area contributed by atoms with Crippen LogP contribution in [0.25, 0.3) is 0 Å². The Morgan fingerprint density at radius 2 is 2.57 bits per heavy atom. The molecule has 1 aromatic heterocycles. The van der Waals surface area contributed by atoms with Crippen LogP contribution >= 0.6 is 0 Å². The Morgan fingerprint density at radius 3 is 3.07 bits per heavy atom. The van der Waals surface area contributed by atoms with Crippen LogP contribution in [0.5, 0.6) is 0 Å². The molecule has 0 aliphatic carbocycles. The lowest BCUT2D eigenvalue weighted by Gasteiger charge is -2.06. The van der Waals surface area contributed by atoms with E-state index in [0.29, 0.717) is 5.69 Å². The number of carbonyl (C=O) groups is 1. The van der Waals surface area contributed by atoms with E-state index < -0.39 is 6.10 Å². The molecule has 0 unspecified atom stereocenters. The summed E-state index contributed by atoms with van der Waals surface area (Å²) in [6, 6.07) is 0. The fraction of sp³-hybridized carbons (Fsp3) is 0.500. The third-order valence-corrected chi connectivity index (χ3v) is 1.55.